The van der Waals surface area contributed by atoms with Gasteiger partial charge in [0.25, 0.3) is 0 Å². The maximum Gasteiger partial charge on any atom is 0.303 e. The first-order valence-corrected chi connectivity index (χ1v) is 8.21. The number of carboxylic acids is 1. The number of hydrogen-bond acceptors (Lipinski definition) is 3. The Morgan fingerprint density at radius 3 is 2.18 bits per heavy atom. The fraction of sp³-hybridized carbons (Fsp3) is 0.278. The largest absolute Gasteiger partial charge is 0.481 e. The van der Waals surface area contributed by atoms with Gasteiger partial charge in [0, 0.05) is 11.3 Å². The molecule has 0 heterocycles. The van der Waals surface area contributed by atoms with Crippen LogP contribution in [0.2, 0.25) is 0 Å². The quantitative estimate of drug-likeness (QED) is 0.719. The molecule has 22 heavy (non-hydrogen) atoms. The van der Waals surface area contributed by atoms with Crippen LogP contribution in [0.3, 0.4) is 0 Å². The smallest absolute Gasteiger partial charge is 0.303 e. The Labute approximate surface area is 135 Å². The van der Waals surface area contributed by atoms with Gasteiger partial charge in [-0.05, 0) is 30.5 Å². The zero-order valence-corrected chi connectivity index (χ0v) is 13.1. The third-order valence-electron chi connectivity index (χ3n) is 3.37. The second kappa shape index (κ2) is 8.61. The van der Waals surface area contributed by atoms with Gasteiger partial charge in [-0.3, -0.25) is 4.79 Å². The summed E-state index contributed by atoms with van der Waals surface area (Å²) in [4.78, 5) is 11.7. The Morgan fingerprint density at radius 1 is 1.00 bits per heavy atom. The normalized spacial score (nSPS) is 13.5. The monoisotopic (exact) mass is 316 g/mol. The number of carboxylic acid groups (broad SMARTS) is 1. The summed E-state index contributed by atoms with van der Waals surface area (Å²) in [6.45, 7) is 0. The Morgan fingerprint density at radius 2 is 1.59 bits per heavy atom. The molecule has 0 bridgehead atoms. The predicted molar refractivity (Wildman–Crippen MR) is 89.0 cm³/mol. The van der Waals surface area contributed by atoms with Crippen LogP contribution in [0.5, 0.6) is 0 Å². The van der Waals surface area contributed by atoms with Gasteiger partial charge in [0.2, 0.25) is 0 Å². The fourth-order valence-electron chi connectivity index (χ4n) is 2.27. The molecule has 0 aliphatic carbocycles. The summed E-state index contributed by atoms with van der Waals surface area (Å²) < 4.78 is 0. The third kappa shape index (κ3) is 5.20. The number of benzene rings is 2. The minimum atomic E-state index is -0.820. The first kappa shape index (κ1) is 16.6. The molecule has 2 aromatic rings. The highest BCUT2D eigenvalue weighted by Crippen LogP contribution is 2.39. The van der Waals surface area contributed by atoms with E-state index in [1.165, 1.54) is 0 Å². The average molecular weight is 316 g/mol. The van der Waals surface area contributed by atoms with Gasteiger partial charge in [-0.15, -0.1) is 11.8 Å². The molecule has 2 rings (SSSR count). The number of rotatable bonds is 8. The van der Waals surface area contributed by atoms with E-state index in [0.29, 0.717) is 12.8 Å². The molecule has 2 N–H and O–H groups in total. The van der Waals surface area contributed by atoms with E-state index in [4.69, 9.17) is 5.11 Å². The molecule has 0 saturated carbocycles. The van der Waals surface area contributed by atoms with Crippen LogP contribution in [0.15, 0.2) is 65.6 Å². The highest BCUT2D eigenvalue weighted by molar-refractivity contribution is 7.99. The van der Waals surface area contributed by atoms with E-state index >= 15 is 0 Å². The minimum Gasteiger partial charge on any atom is -0.481 e. The molecule has 3 nitrogen and oxygen atoms in total. The number of aliphatic carboxylic acids is 1. The minimum absolute atomic E-state index is 0.0918. The van der Waals surface area contributed by atoms with Gasteiger partial charge in [0.05, 0.1) is 11.4 Å². The van der Waals surface area contributed by atoms with E-state index in [0.717, 1.165) is 10.5 Å². The first-order valence-electron chi connectivity index (χ1n) is 7.33. The number of hydrogen-bond donors (Lipinski definition) is 2. The Hall–Kier alpha value is -1.78. The van der Waals surface area contributed by atoms with E-state index in [9.17, 15) is 9.90 Å². The summed E-state index contributed by atoms with van der Waals surface area (Å²) in [7, 11) is 0. The first-order chi connectivity index (χ1) is 10.7. The van der Waals surface area contributed by atoms with E-state index in [1.54, 1.807) is 11.8 Å². The van der Waals surface area contributed by atoms with Crippen molar-refractivity contribution >= 4 is 17.7 Å². The summed E-state index contributed by atoms with van der Waals surface area (Å²) in [5.41, 5.74) is 1.05. The Bertz CT molecular complexity index is 571. The molecule has 0 fully saturated rings. The van der Waals surface area contributed by atoms with Gasteiger partial charge >= 0.3 is 5.97 Å². The predicted octanol–water partition coefficient (Wildman–Crippen LogP) is 4.14. The number of carbonyl (C=O) groups is 1. The van der Waals surface area contributed by atoms with Crippen LogP contribution < -0.4 is 0 Å². The van der Waals surface area contributed by atoms with Crippen LogP contribution in [0.25, 0.3) is 0 Å². The van der Waals surface area contributed by atoms with Gasteiger partial charge < -0.3 is 10.2 Å². The lowest BCUT2D eigenvalue weighted by atomic mass is 10.0. The zero-order valence-electron chi connectivity index (χ0n) is 12.3. The van der Waals surface area contributed by atoms with Crippen molar-refractivity contribution in [1.29, 1.82) is 0 Å². The lowest BCUT2D eigenvalue weighted by molar-refractivity contribution is -0.137. The van der Waals surface area contributed by atoms with Crippen LogP contribution >= 0.6 is 11.8 Å². The Kier molecular flexibility index (Phi) is 6.49. The molecule has 0 unspecified atom stereocenters. The van der Waals surface area contributed by atoms with E-state index in [-0.39, 0.29) is 11.7 Å². The third-order valence-corrected chi connectivity index (χ3v) is 4.76. The summed E-state index contributed by atoms with van der Waals surface area (Å²) in [6, 6.07) is 19.8. The van der Waals surface area contributed by atoms with Crippen molar-refractivity contribution in [3.63, 3.8) is 0 Å². The molecule has 0 radical (unpaired) electrons. The molecular formula is C18H20O3S. The number of thioether (sulfide) groups is 1. The van der Waals surface area contributed by atoms with Gasteiger partial charge in [0.15, 0.2) is 0 Å². The summed E-state index contributed by atoms with van der Waals surface area (Å²) >= 11 is 1.61. The van der Waals surface area contributed by atoms with Crippen molar-refractivity contribution in [3.8, 4) is 0 Å². The second-order valence-corrected chi connectivity index (χ2v) is 6.33. The maximum atomic E-state index is 10.6. The van der Waals surface area contributed by atoms with Crippen LogP contribution in [-0.4, -0.2) is 22.3 Å². The van der Waals surface area contributed by atoms with Gasteiger partial charge in [-0.25, -0.2) is 0 Å². The van der Waals surface area contributed by atoms with E-state index in [1.807, 2.05) is 60.7 Å². The van der Waals surface area contributed by atoms with Crippen molar-refractivity contribution in [2.45, 2.75) is 35.5 Å². The van der Waals surface area contributed by atoms with Crippen molar-refractivity contribution < 1.29 is 15.0 Å². The van der Waals surface area contributed by atoms with Crippen molar-refractivity contribution in [3.05, 3.63) is 66.2 Å². The number of aliphatic hydroxyl groups is 1. The SMILES string of the molecule is O=C(O)CCC[C@@H](O)[C@@H](Sc1ccccc1)c1ccccc1. The highest BCUT2D eigenvalue weighted by Gasteiger charge is 2.22. The van der Waals surface area contributed by atoms with Crippen molar-refractivity contribution in [2.75, 3.05) is 0 Å². The molecule has 0 aromatic heterocycles. The van der Waals surface area contributed by atoms with E-state index in [2.05, 4.69) is 0 Å². The Balaban J connectivity index is 2.09. The lowest BCUT2D eigenvalue weighted by Gasteiger charge is -2.23. The molecule has 0 aliphatic rings. The lowest BCUT2D eigenvalue weighted by Crippen LogP contribution is -2.16. The molecule has 0 saturated heterocycles. The summed E-state index contributed by atoms with van der Waals surface area (Å²) in [5.74, 6) is -0.820. The molecular weight excluding hydrogens is 296 g/mol. The topological polar surface area (TPSA) is 57.5 Å². The molecule has 116 valence electrons. The molecule has 2 aromatic carbocycles. The molecule has 2 atom stereocenters. The van der Waals surface area contributed by atoms with E-state index < -0.39 is 12.1 Å². The van der Waals surface area contributed by atoms with Crippen LogP contribution in [0.4, 0.5) is 0 Å². The van der Waals surface area contributed by atoms with Crippen LogP contribution in [-0.2, 0) is 4.79 Å². The standard InChI is InChI=1S/C18H20O3S/c19-16(12-7-13-17(20)21)18(14-8-3-1-4-9-14)22-15-10-5-2-6-11-15/h1-6,8-11,16,18-19H,7,12-13H2,(H,20,21)/t16-,18+/m1/s1. The van der Waals surface area contributed by atoms with Crippen molar-refractivity contribution in [2.24, 2.45) is 0 Å². The molecule has 0 aliphatic heterocycles. The van der Waals surface area contributed by atoms with Crippen molar-refractivity contribution in [1.82, 2.24) is 0 Å². The summed E-state index contributed by atoms with van der Waals surface area (Å²) in [6.07, 6.45) is 0.474. The van der Waals surface area contributed by atoms with Crippen LogP contribution in [0.1, 0.15) is 30.1 Å². The molecule has 0 amide bonds. The molecule has 4 heteroatoms. The molecule has 0 spiro atoms. The van der Waals surface area contributed by atoms with Crippen LogP contribution in [0, 0.1) is 0 Å². The maximum absolute atomic E-state index is 10.6. The highest BCUT2D eigenvalue weighted by atomic mass is 32.2. The summed E-state index contributed by atoms with van der Waals surface area (Å²) in [5, 5.41) is 19.2. The van der Waals surface area contributed by atoms with Gasteiger partial charge in [0.1, 0.15) is 0 Å². The van der Waals surface area contributed by atoms with Gasteiger partial charge in [-0.2, -0.15) is 0 Å². The second-order valence-electron chi connectivity index (χ2n) is 5.12. The average Bonchev–Trinajstić information content (AvgIpc) is 2.54. The number of aliphatic hydroxyl groups excluding tert-OH is 1. The zero-order chi connectivity index (χ0) is 15.8. The fourth-order valence-corrected chi connectivity index (χ4v) is 3.46. The van der Waals surface area contributed by atoms with Gasteiger partial charge in [-0.1, -0.05) is 48.5 Å².